The summed E-state index contributed by atoms with van der Waals surface area (Å²) in [6.07, 6.45) is 1.95. The van der Waals surface area contributed by atoms with Gasteiger partial charge in [-0.1, -0.05) is 11.8 Å². The topological polar surface area (TPSA) is 66.6 Å². The molecular formula is C16H13N3O2S. The van der Waals surface area contributed by atoms with Crippen molar-refractivity contribution in [2.24, 2.45) is 4.99 Å². The number of hydrogen-bond donors (Lipinski definition) is 1. The lowest BCUT2D eigenvalue weighted by molar-refractivity contribution is 0.174. The average molecular weight is 311 g/mol. The number of thioether (sulfide) groups is 1. The Bertz CT molecular complexity index is 751. The van der Waals surface area contributed by atoms with Gasteiger partial charge in [0.2, 0.25) is 6.79 Å². The zero-order valence-electron chi connectivity index (χ0n) is 11.9. The van der Waals surface area contributed by atoms with E-state index in [1.54, 1.807) is 12.1 Å². The number of benzene rings is 2. The van der Waals surface area contributed by atoms with Gasteiger partial charge in [0.15, 0.2) is 16.7 Å². The molecule has 0 bridgehead atoms. The van der Waals surface area contributed by atoms with Crippen molar-refractivity contribution in [3.05, 3.63) is 48.0 Å². The number of ether oxygens (including phenoxy) is 2. The second-order valence-corrected chi connectivity index (χ2v) is 5.27. The number of aliphatic imine (C=N–C) groups is 1. The van der Waals surface area contributed by atoms with E-state index >= 15 is 0 Å². The molecule has 0 saturated carbocycles. The first kappa shape index (κ1) is 14.3. The van der Waals surface area contributed by atoms with Crippen LogP contribution >= 0.6 is 11.8 Å². The molecule has 0 aliphatic carbocycles. The molecule has 2 aromatic rings. The maximum Gasteiger partial charge on any atom is 0.231 e. The lowest BCUT2D eigenvalue weighted by Crippen LogP contribution is -2.06. The first-order valence-corrected chi connectivity index (χ1v) is 7.80. The third kappa shape index (κ3) is 3.15. The van der Waals surface area contributed by atoms with Gasteiger partial charge in [-0.25, -0.2) is 4.99 Å². The highest BCUT2D eigenvalue weighted by Gasteiger charge is 2.13. The average Bonchev–Trinajstić information content (AvgIpc) is 3.02. The Morgan fingerprint density at radius 2 is 1.95 bits per heavy atom. The lowest BCUT2D eigenvalue weighted by atomic mass is 10.2. The van der Waals surface area contributed by atoms with E-state index in [1.165, 1.54) is 11.8 Å². The number of amidine groups is 1. The predicted molar refractivity (Wildman–Crippen MR) is 88.0 cm³/mol. The van der Waals surface area contributed by atoms with Crippen LogP contribution in [0, 0.1) is 11.3 Å². The van der Waals surface area contributed by atoms with E-state index in [-0.39, 0.29) is 6.79 Å². The van der Waals surface area contributed by atoms with Crippen LogP contribution in [0.4, 0.5) is 11.4 Å². The molecule has 6 heteroatoms. The minimum Gasteiger partial charge on any atom is -0.454 e. The highest BCUT2D eigenvalue weighted by molar-refractivity contribution is 8.13. The van der Waals surface area contributed by atoms with Gasteiger partial charge in [0, 0.05) is 11.8 Å². The van der Waals surface area contributed by atoms with Crippen LogP contribution in [0.1, 0.15) is 5.56 Å². The quantitative estimate of drug-likeness (QED) is 0.676. The van der Waals surface area contributed by atoms with Crippen LogP contribution in [-0.2, 0) is 0 Å². The van der Waals surface area contributed by atoms with Crippen LogP contribution in [0.3, 0.4) is 0 Å². The molecule has 0 saturated heterocycles. The van der Waals surface area contributed by atoms with E-state index in [4.69, 9.17) is 14.7 Å². The Hall–Kier alpha value is -2.65. The Balaban J connectivity index is 1.78. The van der Waals surface area contributed by atoms with Crippen molar-refractivity contribution in [2.45, 2.75) is 0 Å². The molecule has 1 aliphatic heterocycles. The molecule has 0 amide bonds. The van der Waals surface area contributed by atoms with Crippen molar-refractivity contribution >= 4 is 28.3 Å². The van der Waals surface area contributed by atoms with E-state index in [0.29, 0.717) is 5.56 Å². The van der Waals surface area contributed by atoms with Crippen molar-refractivity contribution in [3.63, 3.8) is 0 Å². The number of anilines is 1. The number of nitrogens with one attached hydrogen (secondary N) is 1. The Kier molecular flexibility index (Phi) is 4.17. The van der Waals surface area contributed by atoms with E-state index in [0.717, 1.165) is 28.0 Å². The number of hydrogen-bond acceptors (Lipinski definition) is 5. The van der Waals surface area contributed by atoms with Crippen molar-refractivity contribution in [1.82, 2.24) is 0 Å². The molecule has 5 nitrogen and oxygen atoms in total. The fourth-order valence-electron chi connectivity index (χ4n) is 1.95. The maximum atomic E-state index is 8.80. The third-order valence-corrected chi connectivity index (χ3v) is 3.62. The van der Waals surface area contributed by atoms with Crippen molar-refractivity contribution < 1.29 is 9.47 Å². The molecule has 2 aromatic carbocycles. The van der Waals surface area contributed by atoms with Crippen LogP contribution in [-0.4, -0.2) is 18.2 Å². The van der Waals surface area contributed by atoms with E-state index in [1.807, 2.05) is 36.6 Å². The number of nitrogens with zero attached hydrogens (tertiary/aromatic N) is 2. The molecule has 1 heterocycles. The van der Waals surface area contributed by atoms with Gasteiger partial charge >= 0.3 is 0 Å². The number of nitriles is 1. The highest BCUT2D eigenvalue weighted by Crippen LogP contribution is 2.34. The molecule has 22 heavy (non-hydrogen) atoms. The van der Waals surface area contributed by atoms with Crippen molar-refractivity contribution in [1.29, 1.82) is 5.26 Å². The van der Waals surface area contributed by atoms with Crippen LogP contribution in [0.15, 0.2) is 47.5 Å². The normalized spacial score (nSPS) is 12.8. The molecule has 0 unspecified atom stereocenters. The fourth-order valence-corrected chi connectivity index (χ4v) is 2.37. The SMILES string of the molecule is CS/C(=N\c1ccc(C#N)cc1)Nc1ccc2c(c1)OCO2. The van der Waals surface area contributed by atoms with Crippen molar-refractivity contribution in [3.8, 4) is 17.6 Å². The molecule has 0 radical (unpaired) electrons. The number of fused-ring (bicyclic) bond motifs is 1. The predicted octanol–water partition coefficient (Wildman–Crippen LogP) is 3.75. The third-order valence-electron chi connectivity index (χ3n) is 3.04. The van der Waals surface area contributed by atoms with Gasteiger partial charge in [-0.15, -0.1) is 0 Å². The van der Waals surface area contributed by atoms with Gasteiger partial charge in [-0.2, -0.15) is 5.26 Å². The second kappa shape index (κ2) is 6.41. The largest absolute Gasteiger partial charge is 0.454 e. The standard InChI is InChI=1S/C16H13N3O2S/c1-22-16(18-12-4-2-11(9-17)3-5-12)19-13-6-7-14-15(8-13)21-10-20-14/h2-8H,10H2,1H3,(H,18,19). The monoisotopic (exact) mass is 311 g/mol. The van der Waals surface area contributed by atoms with Gasteiger partial charge in [0.1, 0.15) is 0 Å². The first-order chi connectivity index (χ1) is 10.8. The number of rotatable bonds is 2. The Labute approximate surface area is 132 Å². The molecule has 0 fully saturated rings. The smallest absolute Gasteiger partial charge is 0.231 e. The van der Waals surface area contributed by atoms with Crippen molar-refractivity contribution in [2.75, 3.05) is 18.4 Å². The van der Waals surface area contributed by atoms with Gasteiger partial charge in [-0.3, -0.25) is 0 Å². The highest BCUT2D eigenvalue weighted by atomic mass is 32.2. The molecule has 1 aliphatic rings. The van der Waals surface area contributed by atoms with E-state index in [2.05, 4.69) is 16.4 Å². The summed E-state index contributed by atoms with van der Waals surface area (Å²) in [6, 6.07) is 14.9. The summed E-state index contributed by atoms with van der Waals surface area (Å²) in [5, 5.41) is 12.8. The Morgan fingerprint density at radius 1 is 1.18 bits per heavy atom. The second-order valence-electron chi connectivity index (χ2n) is 4.47. The summed E-state index contributed by atoms with van der Waals surface area (Å²) >= 11 is 1.50. The molecule has 0 spiro atoms. The lowest BCUT2D eigenvalue weighted by Gasteiger charge is -2.08. The maximum absolute atomic E-state index is 8.80. The summed E-state index contributed by atoms with van der Waals surface area (Å²) in [4.78, 5) is 4.53. The van der Waals surface area contributed by atoms with E-state index in [9.17, 15) is 0 Å². The molecular weight excluding hydrogens is 298 g/mol. The van der Waals surface area contributed by atoms with Gasteiger partial charge in [-0.05, 0) is 42.7 Å². The molecule has 110 valence electrons. The summed E-state index contributed by atoms with van der Waals surface area (Å²) < 4.78 is 10.6. The van der Waals surface area contributed by atoms with Gasteiger partial charge in [0.25, 0.3) is 0 Å². The van der Waals surface area contributed by atoms with Crippen LogP contribution in [0.5, 0.6) is 11.5 Å². The van der Waals surface area contributed by atoms with Crippen LogP contribution in [0.2, 0.25) is 0 Å². The van der Waals surface area contributed by atoms with Crippen LogP contribution < -0.4 is 14.8 Å². The minimum atomic E-state index is 0.257. The molecule has 0 aromatic heterocycles. The molecule has 3 rings (SSSR count). The summed E-state index contributed by atoms with van der Waals surface area (Å²) in [7, 11) is 0. The van der Waals surface area contributed by atoms with Crippen LogP contribution in [0.25, 0.3) is 0 Å². The minimum absolute atomic E-state index is 0.257. The summed E-state index contributed by atoms with van der Waals surface area (Å²) in [5.74, 6) is 1.48. The molecule has 1 N–H and O–H groups in total. The summed E-state index contributed by atoms with van der Waals surface area (Å²) in [5.41, 5.74) is 2.29. The molecule has 0 atom stereocenters. The Morgan fingerprint density at radius 3 is 2.68 bits per heavy atom. The first-order valence-electron chi connectivity index (χ1n) is 6.58. The van der Waals surface area contributed by atoms with Gasteiger partial charge < -0.3 is 14.8 Å². The zero-order valence-corrected chi connectivity index (χ0v) is 12.7. The summed E-state index contributed by atoms with van der Waals surface area (Å²) in [6.45, 7) is 0.257. The fraction of sp³-hybridized carbons (Fsp3) is 0.125. The zero-order chi connectivity index (χ0) is 15.4. The van der Waals surface area contributed by atoms with E-state index < -0.39 is 0 Å². The van der Waals surface area contributed by atoms with Gasteiger partial charge in [0.05, 0.1) is 17.3 Å².